The number of hydrogen-bond acceptors (Lipinski definition) is 3. The molecule has 0 radical (unpaired) electrons. The van der Waals surface area contributed by atoms with Crippen molar-refractivity contribution < 1.29 is 19.4 Å². The first-order valence-corrected chi connectivity index (χ1v) is 7.73. The molecule has 0 bridgehead atoms. The number of fused-ring (bicyclic) bond motifs is 1. The molecule has 5 unspecified atom stereocenters. The van der Waals surface area contributed by atoms with Gasteiger partial charge in [0.1, 0.15) is 0 Å². The van der Waals surface area contributed by atoms with E-state index in [9.17, 15) is 14.7 Å². The van der Waals surface area contributed by atoms with E-state index < -0.39 is 11.9 Å². The average Bonchev–Trinajstić information content (AvgIpc) is 3.03. The Balaban J connectivity index is 1.75. The molecule has 1 heterocycles. The molecular weight excluding hydrogens is 258 g/mol. The van der Waals surface area contributed by atoms with Crippen LogP contribution in [0, 0.1) is 17.8 Å². The number of carbonyl (C=O) groups is 2. The van der Waals surface area contributed by atoms with Gasteiger partial charge in [-0.3, -0.25) is 9.59 Å². The first kappa shape index (κ1) is 13.9. The van der Waals surface area contributed by atoms with Crippen LogP contribution < -0.4 is 0 Å². The molecule has 5 heteroatoms. The molecular formula is C15H23NO4. The number of nitrogens with zero attached hydrogens (tertiary/aromatic N) is 1. The maximum Gasteiger partial charge on any atom is 0.307 e. The topological polar surface area (TPSA) is 66.8 Å². The van der Waals surface area contributed by atoms with Crippen LogP contribution in [0.3, 0.4) is 0 Å². The quantitative estimate of drug-likeness (QED) is 0.833. The van der Waals surface area contributed by atoms with Gasteiger partial charge in [-0.1, -0.05) is 6.92 Å². The second kappa shape index (κ2) is 5.35. The maximum atomic E-state index is 12.8. The van der Waals surface area contributed by atoms with Crippen molar-refractivity contribution >= 4 is 11.9 Å². The van der Waals surface area contributed by atoms with E-state index in [1.807, 2.05) is 11.8 Å². The molecule has 112 valence electrons. The van der Waals surface area contributed by atoms with E-state index in [4.69, 9.17) is 4.74 Å². The largest absolute Gasteiger partial charge is 0.481 e. The van der Waals surface area contributed by atoms with Crippen LogP contribution in [0.1, 0.15) is 39.0 Å². The summed E-state index contributed by atoms with van der Waals surface area (Å²) in [5.41, 5.74) is 0. The molecule has 1 N–H and O–H groups in total. The predicted molar refractivity (Wildman–Crippen MR) is 72.1 cm³/mol. The van der Waals surface area contributed by atoms with E-state index in [-0.39, 0.29) is 24.0 Å². The second-order valence-electron chi connectivity index (χ2n) is 6.57. The molecule has 0 aromatic rings. The van der Waals surface area contributed by atoms with E-state index >= 15 is 0 Å². The number of amides is 1. The third kappa shape index (κ3) is 2.32. The molecule has 0 spiro atoms. The van der Waals surface area contributed by atoms with Crippen LogP contribution in [0.2, 0.25) is 0 Å². The Hall–Kier alpha value is -1.10. The van der Waals surface area contributed by atoms with Crippen LogP contribution in [0.15, 0.2) is 0 Å². The Labute approximate surface area is 119 Å². The van der Waals surface area contributed by atoms with Crippen molar-refractivity contribution in [3.05, 3.63) is 0 Å². The molecule has 5 atom stereocenters. The van der Waals surface area contributed by atoms with E-state index in [2.05, 4.69) is 0 Å². The molecule has 0 aromatic carbocycles. The van der Waals surface area contributed by atoms with Gasteiger partial charge in [-0.05, 0) is 38.0 Å². The lowest BCUT2D eigenvalue weighted by atomic mass is 9.93. The normalized spacial score (nSPS) is 40.6. The monoisotopic (exact) mass is 281 g/mol. The van der Waals surface area contributed by atoms with Crippen molar-refractivity contribution in [3.8, 4) is 0 Å². The lowest BCUT2D eigenvalue weighted by Gasteiger charge is -2.39. The third-order valence-electron chi connectivity index (χ3n) is 5.20. The summed E-state index contributed by atoms with van der Waals surface area (Å²) >= 11 is 0. The summed E-state index contributed by atoms with van der Waals surface area (Å²) in [5, 5.41) is 9.34. The minimum atomic E-state index is -0.816. The molecule has 1 aliphatic heterocycles. The fourth-order valence-corrected chi connectivity index (χ4v) is 4.25. The molecule has 3 rings (SSSR count). The summed E-state index contributed by atoms with van der Waals surface area (Å²) in [6.07, 6.45) is 4.64. The summed E-state index contributed by atoms with van der Waals surface area (Å²) in [4.78, 5) is 26.1. The van der Waals surface area contributed by atoms with Gasteiger partial charge < -0.3 is 14.7 Å². The van der Waals surface area contributed by atoms with Gasteiger partial charge in [0.25, 0.3) is 0 Å². The Morgan fingerprint density at radius 2 is 1.95 bits per heavy atom. The van der Waals surface area contributed by atoms with Gasteiger partial charge in [-0.15, -0.1) is 0 Å². The molecule has 5 nitrogen and oxygen atoms in total. The van der Waals surface area contributed by atoms with Gasteiger partial charge in [-0.2, -0.15) is 0 Å². The Morgan fingerprint density at radius 3 is 2.70 bits per heavy atom. The number of aliphatic carboxylic acids is 1. The third-order valence-corrected chi connectivity index (χ3v) is 5.20. The summed E-state index contributed by atoms with van der Waals surface area (Å²) in [7, 11) is 0. The van der Waals surface area contributed by atoms with Crippen LogP contribution in [0.5, 0.6) is 0 Å². The van der Waals surface area contributed by atoms with Crippen LogP contribution in [-0.4, -0.2) is 47.2 Å². The average molecular weight is 281 g/mol. The zero-order chi connectivity index (χ0) is 14.3. The van der Waals surface area contributed by atoms with Crippen LogP contribution in [-0.2, 0) is 14.3 Å². The highest BCUT2D eigenvalue weighted by Crippen LogP contribution is 2.39. The molecule has 2 aliphatic carbocycles. The van der Waals surface area contributed by atoms with Crippen molar-refractivity contribution in [1.82, 2.24) is 4.90 Å². The highest BCUT2D eigenvalue weighted by atomic mass is 16.5. The van der Waals surface area contributed by atoms with Gasteiger partial charge in [0.15, 0.2) is 0 Å². The summed E-state index contributed by atoms with van der Waals surface area (Å²) in [6, 6.07) is 0.182. The van der Waals surface area contributed by atoms with Gasteiger partial charge in [0.2, 0.25) is 5.91 Å². The number of hydrogen-bond donors (Lipinski definition) is 1. The molecule has 3 fully saturated rings. The highest BCUT2D eigenvalue weighted by molar-refractivity contribution is 5.85. The van der Waals surface area contributed by atoms with Crippen molar-refractivity contribution in [2.24, 2.45) is 17.8 Å². The Kier molecular flexibility index (Phi) is 3.71. The molecule has 2 saturated carbocycles. The number of carbonyl (C=O) groups excluding carboxylic acids is 1. The van der Waals surface area contributed by atoms with Gasteiger partial charge in [0.05, 0.1) is 30.6 Å². The molecule has 3 aliphatic rings. The van der Waals surface area contributed by atoms with Crippen molar-refractivity contribution in [3.63, 3.8) is 0 Å². The van der Waals surface area contributed by atoms with Crippen LogP contribution >= 0.6 is 0 Å². The predicted octanol–water partition coefficient (Wildman–Crippen LogP) is 1.51. The number of ether oxygens (including phenoxy) is 1. The standard InChI is InChI=1S/C15H23NO4/c1-9-7-10(11(8-9)15(18)19)14(17)16-5-6-20-13-4-2-3-12(13)16/h9-13H,2-8H2,1H3,(H,18,19). The van der Waals surface area contributed by atoms with E-state index in [1.54, 1.807) is 0 Å². The van der Waals surface area contributed by atoms with Crippen molar-refractivity contribution in [2.45, 2.75) is 51.2 Å². The smallest absolute Gasteiger partial charge is 0.307 e. The fourth-order valence-electron chi connectivity index (χ4n) is 4.25. The lowest BCUT2D eigenvalue weighted by molar-refractivity contribution is -0.155. The lowest BCUT2D eigenvalue weighted by Crippen LogP contribution is -2.53. The fraction of sp³-hybridized carbons (Fsp3) is 0.867. The van der Waals surface area contributed by atoms with Crippen molar-refractivity contribution in [2.75, 3.05) is 13.2 Å². The van der Waals surface area contributed by atoms with Gasteiger partial charge in [-0.25, -0.2) is 0 Å². The number of rotatable bonds is 2. The van der Waals surface area contributed by atoms with Gasteiger partial charge in [0, 0.05) is 6.54 Å². The molecule has 1 amide bonds. The molecule has 20 heavy (non-hydrogen) atoms. The summed E-state index contributed by atoms with van der Waals surface area (Å²) in [5.74, 6) is -1.27. The zero-order valence-corrected chi connectivity index (χ0v) is 12.0. The first-order valence-electron chi connectivity index (χ1n) is 7.73. The second-order valence-corrected chi connectivity index (χ2v) is 6.57. The van der Waals surface area contributed by atoms with Crippen LogP contribution in [0.4, 0.5) is 0 Å². The minimum Gasteiger partial charge on any atom is -0.481 e. The first-order chi connectivity index (χ1) is 9.58. The number of morpholine rings is 1. The van der Waals surface area contributed by atoms with E-state index in [0.29, 0.717) is 31.9 Å². The highest BCUT2D eigenvalue weighted by Gasteiger charge is 2.46. The zero-order valence-electron chi connectivity index (χ0n) is 12.0. The Bertz CT molecular complexity index is 411. The minimum absolute atomic E-state index is 0.0574. The number of carboxylic acid groups (broad SMARTS) is 1. The SMILES string of the molecule is CC1CC(C(=O)O)C(C(=O)N2CCOC3CCCC32)C1. The van der Waals surface area contributed by atoms with Crippen molar-refractivity contribution in [1.29, 1.82) is 0 Å². The van der Waals surface area contributed by atoms with E-state index in [1.165, 1.54) is 0 Å². The van der Waals surface area contributed by atoms with E-state index in [0.717, 1.165) is 19.3 Å². The number of carboxylic acids is 1. The molecule has 0 aromatic heterocycles. The molecule has 1 saturated heterocycles. The van der Waals surface area contributed by atoms with Crippen LogP contribution in [0.25, 0.3) is 0 Å². The summed E-state index contributed by atoms with van der Waals surface area (Å²) < 4.78 is 5.73. The maximum absolute atomic E-state index is 12.8. The summed E-state index contributed by atoms with van der Waals surface area (Å²) in [6.45, 7) is 3.26. The Morgan fingerprint density at radius 1 is 1.20 bits per heavy atom. The van der Waals surface area contributed by atoms with Gasteiger partial charge >= 0.3 is 5.97 Å².